The highest BCUT2D eigenvalue weighted by Crippen LogP contribution is 2.33. The molecule has 0 radical (unpaired) electrons. The maximum absolute atomic E-state index is 5.72. The largest absolute Gasteiger partial charge is 0.467 e. The van der Waals surface area contributed by atoms with E-state index in [1.165, 1.54) is 11.3 Å². The second-order valence-electron chi connectivity index (χ2n) is 6.04. The first-order valence-corrected chi connectivity index (χ1v) is 8.46. The van der Waals surface area contributed by atoms with Crippen LogP contribution in [0.3, 0.4) is 0 Å². The molecule has 1 atom stereocenters. The van der Waals surface area contributed by atoms with Gasteiger partial charge in [0.15, 0.2) is 5.11 Å². The van der Waals surface area contributed by atoms with E-state index in [0.717, 1.165) is 29.6 Å². The van der Waals surface area contributed by atoms with Crippen LogP contribution in [0.25, 0.3) is 0 Å². The van der Waals surface area contributed by atoms with E-state index in [0.29, 0.717) is 0 Å². The number of anilines is 1. The fraction of sp³-hybridized carbons (Fsp3) is 0.211. The quantitative estimate of drug-likeness (QED) is 0.711. The molecule has 122 valence electrons. The van der Waals surface area contributed by atoms with Crippen LogP contribution in [0, 0.1) is 6.92 Å². The Bertz CT molecular complexity index is 853. The van der Waals surface area contributed by atoms with Crippen LogP contribution < -0.4 is 5.32 Å². The minimum atomic E-state index is -0.00596. The molecule has 1 aromatic carbocycles. The van der Waals surface area contributed by atoms with Crippen molar-refractivity contribution >= 4 is 23.0 Å². The molecule has 1 unspecified atom stereocenters. The van der Waals surface area contributed by atoms with Gasteiger partial charge in [-0.15, -0.1) is 0 Å². The predicted octanol–water partition coefficient (Wildman–Crippen LogP) is 4.19. The van der Waals surface area contributed by atoms with Gasteiger partial charge >= 0.3 is 0 Å². The van der Waals surface area contributed by atoms with Gasteiger partial charge in [-0.25, -0.2) is 0 Å². The molecule has 1 aliphatic rings. The Balaban J connectivity index is 1.65. The highest BCUT2D eigenvalue weighted by atomic mass is 32.1. The zero-order valence-corrected chi connectivity index (χ0v) is 14.3. The van der Waals surface area contributed by atoms with Crippen LogP contribution in [0.5, 0.6) is 0 Å². The molecule has 0 saturated heterocycles. The minimum absolute atomic E-state index is 0.00596. The van der Waals surface area contributed by atoms with Gasteiger partial charge in [-0.3, -0.25) is 0 Å². The number of furan rings is 1. The Kier molecular flexibility index (Phi) is 3.86. The average molecular weight is 337 g/mol. The summed E-state index contributed by atoms with van der Waals surface area (Å²) in [7, 11) is 0. The van der Waals surface area contributed by atoms with Gasteiger partial charge in [0.1, 0.15) is 11.8 Å². The van der Waals surface area contributed by atoms with E-state index >= 15 is 0 Å². The van der Waals surface area contributed by atoms with Crippen molar-refractivity contribution in [2.24, 2.45) is 0 Å². The molecule has 0 fully saturated rings. The van der Waals surface area contributed by atoms with Crippen molar-refractivity contribution in [3.05, 3.63) is 78.0 Å². The Hall–Kier alpha value is -2.53. The number of benzene rings is 1. The predicted molar refractivity (Wildman–Crippen MR) is 99.1 cm³/mol. The number of hydrogen-bond donors (Lipinski definition) is 1. The standard InChI is InChI=1S/C19H19N3OS/c1-14-5-2-6-15(13-14)20-19(24)22-11-10-21-9-3-7-16(21)18(22)17-8-4-12-23-17/h2-9,12-13,18H,10-11H2,1H3,(H,20,24). The summed E-state index contributed by atoms with van der Waals surface area (Å²) in [5.41, 5.74) is 3.42. The number of fused-ring (bicyclic) bond motifs is 1. The van der Waals surface area contributed by atoms with Crippen molar-refractivity contribution in [3.63, 3.8) is 0 Å². The number of thiocarbonyl (C=S) groups is 1. The summed E-state index contributed by atoms with van der Waals surface area (Å²) in [5.74, 6) is 0.906. The van der Waals surface area contributed by atoms with Gasteiger partial charge < -0.3 is 19.2 Å². The average Bonchev–Trinajstić information content (AvgIpc) is 3.25. The third-order valence-electron chi connectivity index (χ3n) is 4.38. The van der Waals surface area contributed by atoms with Crippen LogP contribution in [0.2, 0.25) is 0 Å². The zero-order valence-electron chi connectivity index (χ0n) is 13.5. The van der Waals surface area contributed by atoms with E-state index in [-0.39, 0.29) is 6.04 Å². The summed E-state index contributed by atoms with van der Waals surface area (Å²) in [6.07, 6.45) is 3.83. The first-order chi connectivity index (χ1) is 11.7. The fourth-order valence-corrected chi connectivity index (χ4v) is 3.58. The van der Waals surface area contributed by atoms with Crippen molar-refractivity contribution < 1.29 is 4.42 Å². The molecule has 5 heteroatoms. The van der Waals surface area contributed by atoms with Crippen LogP contribution >= 0.6 is 12.2 Å². The minimum Gasteiger partial charge on any atom is -0.467 e. The number of hydrogen-bond acceptors (Lipinski definition) is 2. The highest BCUT2D eigenvalue weighted by molar-refractivity contribution is 7.80. The SMILES string of the molecule is Cc1cccc(NC(=S)N2CCn3cccc3C2c2ccco2)c1. The van der Waals surface area contributed by atoms with Crippen LogP contribution in [0.1, 0.15) is 23.1 Å². The van der Waals surface area contributed by atoms with E-state index in [2.05, 4.69) is 52.2 Å². The molecule has 3 aromatic rings. The topological polar surface area (TPSA) is 33.3 Å². The lowest BCUT2D eigenvalue weighted by Gasteiger charge is -2.37. The third kappa shape index (κ3) is 2.71. The Labute approximate surface area is 146 Å². The molecule has 0 amide bonds. The number of aromatic nitrogens is 1. The maximum atomic E-state index is 5.72. The van der Waals surface area contributed by atoms with Crippen LogP contribution in [0.4, 0.5) is 5.69 Å². The summed E-state index contributed by atoms with van der Waals surface area (Å²) in [6, 6.07) is 16.4. The van der Waals surface area contributed by atoms with E-state index in [4.69, 9.17) is 16.6 Å². The highest BCUT2D eigenvalue weighted by Gasteiger charge is 2.32. The second kappa shape index (κ2) is 6.17. The first-order valence-electron chi connectivity index (χ1n) is 8.05. The van der Waals surface area contributed by atoms with Crippen LogP contribution in [0.15, 0.2) is 65.4 Å². The third-order valence-corrected chi connectivity index (χ3v) is 4.72. The van der Waals surface area contributed by atoms with Crippen LogP contribution in [-0.2, 0) is 6.54 Å². The lowest BCUT2D eigenvalue weighted by molar-refractivity contribution is 0.261. The number of rotatable bonds is 2. The van der Waals surface area contributed by atoms with Gasteiger partial charge in [-0.2, -0.15) is 0 Å². The molecule has 0 aliphatic carbocycles. The van der Waals surface area contributed by atoms with Crippen LogP contribution in [-0.4, -0.2) is 21.1 Å². The van der Waals surface area contributed by atoms with E-state index in [1.54, 1.807) is 6.26 Å². The van der Waals surface area contributed by atoms with Gasteiger partial charge in [0, 0.05) is 30.7 Å². The number of aryl methyl sites for hydroxylation is 1. The van der Waals surface area contributed by atoms with Crippen molar-refractivity contribution in [1.29, 1.82) is 0 Å². The fourth-order valence-electron chi connectivity index (χ4n) is 3.27. The molecular formula is C19H19N3OS. The van der Waals surface area contributed by atoms with Gasteiger partial charge in [-0.1, -0.05) is 12.1 Å². The van der Waals surface area contributed by atoms with Crippen molar-refractivity contribution in [3.8, 4) is 0 Å². The summed E-state index contributed by atoms with van der Waals surface area (Å²) >= 11 is 5.72. The molecule has 24 heavy (non-hydrogen) atoms. The molecule has 3 heterocycles. The summed E-state index contributed by atoms with van der Waals surface area (Å²) in [6.45, 7) is 3.83. The molecule has 2 aromatic heterocycles. The molecule has 0 bridgehead atoms. The second-order valence-corrected chi connectivity index (χ2v) is 6.42. The maximum Gasteiger partial charge on any atom is 0.174 e. The first kappa shape index (κ1) is 15.0. The van der Waals surface area contributed by atoms with Crippen molar-refractivity contribution in [1.82, 2.24) is 9.47 Å². The molecule has 0 saturated carbocycles. The van der Waals surface area contributed by atoms with Gasteiger partial charge in [0.25, 0.3) is 0 Å². The lowest BCUT2D eigenvalue weighted by Crippen LogP contribution is -2.44. The van der Waals surface area contributed by atoms with Gasteiger partial charge in [-0.05, 0) is 61.1 Å². The Morgan fingerprint density at radius 3 is 2.88 bits per heavy atom. The molecular weight excluding hydrogens is 318 g/mol. The summed E-state index contributed by atoms with van der Waals surface area (Å²) in [4.78, 5) is 2.20. The van der Waals surface area contributed by atoms with Gasteiger partial charge in [0.2, 0.25) is 0 Å². The zero-order chi connectivity index (χ0) is 16.5. The Morgan fingerprint density at radius 1 is 1.17 bits per heavy atom. The van der Waals surface area contributed by atoms with E-state index in [9.17, 15) is 0 Å². The molecule has 1 N–H and O–H groups in total. The summed E-state index contributed by atoms with van der Waals surface area (Å²) < 4.78 is 7.97. The molecule has 4 rings (SSSR count). The Morgan fingerprint density at radius 2 is 2.08 bits per heavy atom. The molecule has 4 nitrogen and oxygen atoms in total. The van der Waals surface area contributed by atoms with Crippen molar-refractivity contribution in [2.75, 3.05) is 11.9 Å². The molecule has 0 spiro atoms. The van der Waals surface area contributed by atoms with Gasteiger partial charge in [0.05, 0.1) is 6.26 Å². The summed E-state index contributed by atoms with van der Waals surface area (Å²) in [5, 5.41) is 4.09. The number of nitrogens with one attached hydrogen (secondary N) is 1. The van der Waals surface area contributed by atoms with E-state index in [1.807, 2.05) is 24.3 Å². The number of nitrogens with zero attached hydrogens (tertiary/aromatic N) is 2. The smallest absolute Gasteiger partial charge is 0.174 e. The van der Waals surface area contributed by atoms with E-state index < -0.39 is 0 Å². The normalized spacial score (nSPS) is 16.7. The van der Waals surface area contributed by atoms with Crippen molar-refractivity contribution in [2.45, 2.75) is 19.5 Å². The lowest BCUT2D eigenvalue weighted by atomic mass is 10.1. The monoisotopic (exact) mass is 337 g/mol. The molecule has 1 aliphatic heterocycles.